The lowest BCUT2D eigenvalue weighted by molar-refractivity contribution is -0.142. The van der Waals surface area contributed by atoms with E-state index in [1.54, 1.807) is 0 Å². The van der Waals surface area contributed by atoms with Crippen molar-refractivity contribution in [1.82, 2.24) is 5.32 Å². The van der Waals surface area contributed by atoms with E-state index in [2.05, 4.69) is 5.32 Å². The zero-order valence-electron chi connectivity index (χ0n) is 11.5. The highest BCUT2D eigenvalue weighted by atomic mass is 16.4. The lowest BCUT2D eigenvalue weighted by Gasteiger charge is -2.22. The number of fused-ring (bicyclic) bond motifs is 2. The molecule has 4 N–H and O–H groups in total. The summed E-state index contributed by atoms with van der Waals surface area (Å²) in [6, 6.07) is -1.02. The predicted molar refractivity (Wildman–Crippen MR) is 71.5 cm³/mol. The molecule has 2 amide bonds. The minimum Gasteiger partial charge on any atom is -0.480 e. The van der Waals surface area contributed by atoms with Crippen LogP contribution in [0.15, 0.2) is 0 Å². The molecule has 2 aliphatic carbocycles. The number of rotatable bonds is 7. The summed E-state index contributed by atoms with van der Waals surface area (Å²) < 4.78 is 0. The van der Waals surface area contributed by atoms with Crippen LogP contribution in [0.25, 0.3) is 0 Å². The number of hydrogen-bond donors (Lipinski definition) is 3. The number of carboxylic acids is 1. The van der Waals surface area contributed by atoms with Crippen LogP contribution in [0.5, 0.6) is 0 Å². The van der Waals surface area contributed by atoms with Gasteiger partial charge in [-0.15, -0.1) is 0 Å². The Balaban J connectivity index is 1.79. The Morgan fingerprint density at radius 3 is 2.50 bits per heavy atom. The van der Waals surface area contributed by atoms with Gasteiger partial charge < -0.3 is 16.2 Å². The molecule has 0 heterocycles. The molecule has 0 aromatic heterocycles. The molecule has 0 aliphatic heterocycles. The number of nitrogens with two attached hydrogens (primary N) is 1. The van der Waals surface area contributed by atoms with E-state index in [-0.39, 0.29) is 18.7 Å². The van der Waals surface area contributed by atoms with Crippen LogP contribution in [0.1, 0.15) is 44.9 Å². The lowest BCUT2D eigenvalue weighted by atomic mass is 9.86. The van der Waals surface area contributed by atoms with E-state index in [9.17, 15) is 14.4 Å². The Labute approximate surface area is 118 Å². The van der Waals surface area contributed by atoms with E-state index < -0.39 is 17.9 Å². The summed E-state index contributed by atoms with van der Waals surface area (Å²) in [7, 11) is 0. The smallest absolute Gasteiger partial charge is 0.326 e. The first-order valence-electron chi connectivity index (χ1n) is 7.26. The minimum absolute atomic E-state index is 0.0363. The number of primary amides is 1. The van der Waals surface area contributed by atoms with Crippen molar-refractivity contribution in [3.05, 3.63) is 0 Å². The molecule has 2 fully saturated rings. The molecule has 2 bridgehead atoms. The predicted octanol–water partition coefficient (Wildman–Crippen LogP) is 0.648. The van der Waals surface area contributed by atoms with Crippen molar-refractivity contribution in [2.24, 2.45) is 23.5 Å². The van der Waals surface area contributed by atoms with Gasteiger partial charge in [0, 0.05) is 12.8 Å². The van der Waals surface area contributed by atoms with Gasteiger partial charge in [-0.25, -0.2) is 4.79 Å². The molecule has 2 rings (SSSR count). The van der Waals surface area contributed by atoms with Crippen LogP contribution in [-0.4, -0.2) is 28.9 Å². The standard InChI is InChI=1S/C14H22N2O4/c15-12(17)4-3-11(14(19)20)16-13(18)7-10-6-8-1-2-9(10)5-8/h8-11H,1-7H2,(H2,15,17)(H,16,18)(H,19,20)/t8?,9?,10?,11-/m0/s1. The van der Waals surface area contributed by atoms with E-state index in [4.69, 9.17) is 10.8 Å². The van der Waals surface area contributed by atoms with Gasteiger partial charge in [-0.1, -0.05) is 6.42 Å². The van der Waals surface area contributed by atoms with Crippen LogP contribution in [-0.2, 0) is 14.4 Å². The van der Waals surface area contributed by atoms with Gasteiger partial charge in [-0.2, -0.15) is 0 Å². The van der Waals surface area contributed by atoms with Crippen molar-refractivity contribution in [3.63, 3.8) is 0 Å². The number of hydrogen-bond acceptors (Lipinski definition) is 3. The van der Waals surface area contributed by atoms with Gasteiger partial charge in [0.2, 0.25) is 11.8 Å². The minimum atomic E-state index is -1.12. The van der Waals surface area contributed by atoms with Gasteiger partial charge in [0.05, 0.1) is 0 Å². The molecule has 6 heteroatoms. The van der Waals surface area contributed by atoms with Crippen LogP contribution in [0.2, 0.25) is 0 Å². The number of nitrogens with one attached hydrogen (secondary N) is 1. The maximum Gasteiger partial charge on any atom is 0.326 e. The molecule has 0 aromatic carbocycles. The summed E-state index contributed by atoms with van der Waals surface area (Å²) >= 11 is 0. The second-order valence-corrected chi connectivity index (χ2v) is 6.10. The van der Waals surface area contributed by atoms with Crippen LogP contribution in [0.3, 0.4) is 0 Å². The van der Waals surface area contributed by atoms with Crippen molar-refractivity contribution in [1.29, 1.82) is 0 Å². The summed E-state index contributed by atoms with van der Waals surface area (Å²) in [6.07, 6.45) is 5.21. The molecular weight excluding hydrogens is 260 g/mol. The van der Waals surface area contributed by atoms with Gasteiger partial charge in [0.1, 0.15) is 6.04 Å². The summed E-state index contributed by atoms with van der Waals surface area (Å²) in [4.78, 5) is 33.7. The molecule has 4 atom stereocenters. The Morgan fingerprint density at radius 2 is 2.00 bits per heavy atom. The molecular formula is C14H22N2O4. The maximum absolute atomic E-state index is 11.9. The van der Waals surface area contributed by atoms with Crippen molar-refractivity contribution < 1.29 is 19.5 Å². The van der Waals surface area contributed by atoms with Gasteiger partial charge in [-0.3, -0.25) is 9.59 Å². The molecule has 20 heavy (non-hydrogen) atoms. The van der Waals surface area contributed by atoms with Gasteiger partial charge in [0.25, 0.3) is 0 Å². The highest BCUT2D eigenvalue weighted by Gasteiger charge is 2.40. The monoisotopic (exact) mass is 282 g/mol. The Kier molecular flexibility index (Phi) is 4.62. The lowest BCUT2D eigenvalue weighted by Crippen LogP contribution is -2.42. The Hall–Kier alpha value is -1.59. The molecule has 2 aliphatic rings. The highest BCUT2D eigenvalue weighted by Crippen LogP contribution is 2.49. The highest BCUT2D eigenvalue weighted by molar-refractivity contribution is 5.84. The first-order chi connectivity index (χ1) is 9.45. The first-order valence-corrected chi connectivity index (χ1v) is 7.26. The fourth-order valence-electron chi connectivity index (χ4n) is 3.66. The zero-order chi connectivity index (χ0) is 14.7. The van der Waals surface area contributed by atoms with Crippen molar-refractivity contribution >= 4 is 17.8 Å². The third-order valence-corrected chi connectivity index (χ3v) is 4.64. The molecule has 0 saturated heterocycles. The van der Waals surface area contributed by atoms with E-state index in [0.717, 1.165) is 12.3 Å². The molecule has 112 valence electrons. The molecule has 3 unspecified atom stereocenters. The summed E-state index contributed by atoms with van der Waals surface area (Å²) in [5.74, 6) is -0.0903. The molecule has 0 spiro atoms. The maximum atomic E-state index is 11.9. The largest absolute Gasteiger partial charge is 0.480 e. The van der Waals surface area contributed by atoms with Gasteiger partial charge in [-0.05, 0) is 43.4 Å². The van der Waals surface area contributed by atoms with Crippen LogP contribution in [0, 0.1) is 17.8 Å². The SMILES string of the molecule is NC(=O)CC[C@H](NC(=O)CC1CC2CCC1C2)C(=O)O. The van der Waals surface area contributed by atoms with E-state index in [1.165, 1.54) is 19.3 Å². The average Bonchev–Trinajstić information content (AvgIpc) is 2.95. The number of carbonyl (C=O) groups is 3. The van der Waals surface area contributed by atoms with Gasteiger partial charge in [0.15, 0.2) is 0 Å². The Bertz CT molecular complexity index is 410. The van der Waals surface area contributed by atoms with E-state index in [0.29, 0.717) is 18.3 Å². The first kappa shape index (κ1) is 14.8. The van der Waals surface area contributed by atoms with Crippen LogP contribution in [0.4, 0.5) is 0 Å². The molecule has 0 radical (unpaired) electrons. The summed E-state index contributed by atoms with van der Waals surface area (Å²) in [5, 5.41) is 11.5. The number of carbonyl (C=O) groups excluding carboxylic acids is 2. The number of amides is 2. The number of aliphatic carboxylic acids is 1. The normalized spacial score (nSPS) is 29.1. The fourth-order valence-corrected chi connectivity index (χ4v) is 3.66. The third-order valence-electron chi connectivity index (χ3n) is 4.64. The van der Waals surface area contributed by atoms with E-state index in [1.807, 2.05) is 0 Å². The quantitative estimate of drug-likeness (QED) is 0.636. The van der Waals surface area contributed by atoms with Crippen molar-refractivity contribution in [3.8, 4) is 0 Å². The topological polar surface area (TPSA) is 109 Å². The molecule has 6 nitrogen and oxygen atoms in total. The fraction of sp³-hybridized carbons (Fsp3) is 0.786. The molecule has 2 saturated carbocycles. The van der Waals surface area contributed by atoms with Crippen molar-refractivity contribution in [2.75, 3.05) is 0 Å². The van der Waals surface area contributed by atoms with Crippen LogP contribution < -0.4 is 11.1 Å². The second-order valence-electron chi connectivity index (χ2n) is 6.10. The summed E-state index contributed by atoms with van der Waals surface area (Å²) in [5.41, 5.74) is 5.00. The summed E-state index contributed by atoms with van der Waals surface area (Å²) in [6.45, 7) is 0. The van der Waals surface area contributed by atoms with E-state index >= 15 is 0 Å². The number of carboxylic acid groups (broad SMARTS) is 1. The zero-order valence-corrected chi connectivity index (χ0v) is 11.5. The Morgan fingerprint density at radius 1 is 1.25 bits per heavy atom. The van der Waals surface area contributed by atoms with Gasteiger partial charge >= 0.3 is 5.97 Å². The van der Waals surface area contributed by atoms with Crippen LogP contribution >= 0.6 is 0 Å². The third kappa shape index (κ3) is 3.71. The second kappa shape index (κ2) is 6.24. The average molecular weight is 282 g/mol. The molecule has 0 aromatic rings. The van der Waals surface area contributed by atoms with Crippen molar-refractivity contribution in [2.45, 2.75) is 51.0 Å².